The van der Waals surface area contributed by atoms with Gasteiger partial charge in [-0.15, -0.1) is 0 Å². The van der Waals surface area contributed by atoms with Crippen LogP contribution in [0.5, 0.6) is 5.75 Å². The number of ether oxygens (including phenoxy) is 1. The van der Waals surface area contributed by atoms with E-state index in [4.69, 9.17) is 10.5 Å². The van der Waals surface area contributed by atoms with E-state index < -0.39 is 6.10 Å². The maximum Gasteiger partial charge on any atom is 0.137 e. The first-order chi connectivity index (χ1) is 9.05. The van der Waals surface area contributed by atoms with Crippen LogP contribution in [0.4, 0.5) is 0 Å². The highest BCUT2D eigenvalue weighted by molar-refractivity contribution is 5.31. The van der Waals surface area contributed by atoms with Crippen LogP contribution in [0.2, 0.25) is 0 Å². The van der Waals surface area contributed by atoms with E-state index in [0.717, 1.165) is 5.75 Å². The molecule has 1 rings (SSSR count). The zero-order valence-electron chi connectivity index (χ0n) is 13.6. The molecule has 3 N–H and O–H groups in total. The van der Waals surface area contributed by atoms with Crippen molar-refractivity contribution in [1.82, 2.24) is 0 Å². The van der Waals surface area contributed by atoms with Crippen molar-refractivity contribution in [2.45, 2.75) is 59.1 Å². The fourth-order valence-electron chi connectivity index (χ4n) is 1.99. The molecular weight excluding hydrogens is 250 g/mol. The maximum absolute atomic E-state index is 9.50. The average Bonchev–Trinajstić information content (AvgIpc) is 2.33. The quantitative estimate of drug-likeness (QED) is 0.890. The Kier molecular flexibility index (Phi) is 5.22. The van der Waals surface area contributed by atoms with Crippen molar-refractivity contribution in [3.8, 4) is 5.75 Å². The molecule has 20 heavy (non-hydrogen) atoms. The Hall–Kier alpha value is -1.06. The average molecular weight is 279 g/mol. The van der Waals surface area contributed by atoms with Crippen molar-refractivity contribution < 1.29 is 9.84 Å². The lowest BCUT2D eigenvalue weighted by Crippen LogP contribution is -2.49. The highest BCUT2D eigenvalue weighted by Crippen LogP contribution is 2.26. The topological polar surface area (TPSA) is 55.5 Å². The van der Waals surface area contributed by atoms with Gasteiger partial charge in [0.15, 0.2) is 0 Å². The minimum absolute atomic E-state index is 0.0839. The van der Waals surface area contributed by atoms with E-state index in [9.17, 15) is 5.11 Å². The van der Waals surface area contributed by atoms with Crippen LogP contribution in [0.25, 0.3) is 0 Å². The van der Waals surface area contributed by atoms with E-state index in [-0.39, 0.29) is 23.5 Å². The fraction of sp³-hybridized carbons (Fsp3) is 0.647. The number of benzene rings is 1. The Morgan fingerprint density at radius 3 is 1.90 bits per heavy atom. The van der Waals surface area contributed by atoms with Crippen LogP contribution in [-0.2, 0) is 5.41 Å². The van der Waals surface area contributed by atoms with Crippen LogP contribution >= 0.6 is 0 Å². The van der Waals surface area contributed by atoms with Crippen LogP contribution in [0.1, 0.15) is 47.1 Å². The Morgan fingerprint density at radius 2 is 1.55 bits per heavy atom. The normalized spacial score (nSPS) is 15.8. The second-order valence-corrected chi connectivity index (χ2v) is 7.51. The van der Waals surface area contributed by atoms with Gasteiger partial charge in [0.05, 0.1) is 6.61 Å². The van der Waals surface area contributed by atoms with Crippen molar-refractivity contribution in [3.63, 3.8) is 0 Å². The van der Waals surface area contributed by atoms with Gasteiger partial charge < -0.3 is 15.6 Å². The summed E-state index contributed by atoms with van der Waals surface area (Å²) in [5, 5.41) is 9.50. The molecule has 2 atom stereocenters. The van der Waals surface area contributed by atoms with Gasteiger partial charge >= 0.3 is 0 Å². The molecule has 0 aliphatic carbocycles. The standard InChI is InChI=1S/C17H29NO2/c1-16(2,3)12-7-9-13(10-8-12)20-14(11-19)15(18)17(4,5)6/h7-10,14-15,19H,11,18H2,1-6H3. The van der Waals surface area contributed by atoms with Crippen molar-refractivity contribution >= 4 is 0 Å². The summed E-state index contributed by atoms with van der Waals surface area (Å²) in [6.45, 7) is 12.6. The van der Waals surface area contributed by atoms with Gasteiger partial charge in [0, 0.05) is 6.04 Å². The molecular formula is C17H29NO2. The SMILES string of the molecule is CC(C)(C)c1ccc(OC(CO)C(N)C(C)(C)C)cc1. The zero-order valence-corrected chi connectivity index (χ0v) is 13.6. The van der Waals surface area contributed by atoms with Gasteiger partial charge in [-0.25, -0.2) is 0 Å². The predicted molar refractivity (Wildman–Crippen MR) is 84.1 cm³/mol. The van der Waals surface area contributed by atoms with Crippen LogP contribution < -0.4 is 10.5 Å². The second-order valence-electron chi connectivity index (χ2n) is 7.51. The molecule has 0 aliphatic rings. The molecule has 0 saturated carbocycles. The summed E-state index contributed by atoms with van der Waals surface area (Å²) in [7, 11) is 0. The molecule has 114 valence electrons. The number of rotatable bonds is 4. The van der Waals surface area contributed by atoms with E-state index in [1.807, 2.05) is 32.9 Å². The van der Waals surface area contributed by atoms with Crippen LogP contribution in [0.3, 0.4) is 0 Å². The lowest BCUT2D eigenvalue weighted by Gasteiger charge is -2.33. The van der Waals surface area contributed by atoms with E-state index >= 15 is 0 Å². The van der Waals surface area contributed by atoms with E-state index in [1.165, 1.54) is 5.56 Å². The smallest absolute Gasteiger partial charge is 0.137 e. The van der Waals surface area contributed by atoms with Crippen molar-refractivity contribution in [2.75, 3.05) is 6.61 Å². The van der Waals surface area contributed by atoms with E-state index in [2.05, 4.69) is 32.9 Å². The molecule has 0 radical (unpaired) electrons. The minimum atomic E-state index is -0.393. The Morgan fingerprint density at radius 1 is 1.05 bits per heavy atom. The summed E-state index contributed by atoms with van der Waals surface area (Å²) >= 11 is 0. The van der Waals surface area contributed by atoms with E-state index in [1.54, 1.807) is 0 Å². The highest BCUT2D eigenvalue weighted by Gasteiger charge is 2.30. The fourth-order valence-corrected chi connectivity index (χ4v) is 1.99. The van der Waals surface area contributed by atoms with Gasteiger partial charge in [0.25, 0.3) is 0 Å². The lowest BCUT2D eigenvalue weighted by molar-refractivity contribution is 0.0592. The third kappa shape index (κ3) is 4.50. The third-order valence-electron chi connectivity index (χ3n) is 3.59. The lowest BCUT2D eigenvalue weighted by atomic mass is 9.84. The first kappa shape index (κ1) is 17.0. The maximum atomic E-state index is 9.50. The summed E-state index contributed by atoms with van der Waals surface area (Å²) in [5.41, 5.74) is 7.43. The molecule has 1 aromatic rings. The van der Waals surface area contributed by atoms with Gasteiger partial charge in [0.1, 0.15) is 11.9 Å². The Bertz CT molecular complexity index is 412. The summed E-state index contributed by atoms with van der Waals surface area (Å²) in [5.74, 6) is 0.747. The van der Waals surface area contributed by atoms with Gasteiger partial charge in [0.2, 0.25) is 0 Å². The van der Waals surface area contributed by atoms with Crippen molar-refractivity contribution in [1.29, 1.82) is 0 Å². The van der Waals surface area contributed by atoms with Gasteiger partial charge in [-0.1, -0.05) is 53.7 Å². The molecule has 0 bridgehead atoms. The largest absolute Gasteiger partial charge is 0.486 e. The summed E-state index contributed by atoms with van der Waals surface area (Å²) in [6.07, 6.45) is -0.393. The monoisotopic (exact) mass is 279 g/mol. The summed E-state index contributed by atoms with van der Waals surface area (Å²) in [6, 6.07) is 7.78. The number of hydrogen-bond donors (Lipinski definition) is 2. The predicted octanol–water partition coefficient (Wildman–Crippen LogP) is 3.10. The molecule has 2 unspecified atom stereocenters. The number of nitrogens with two attached hydrogens (primary N) is 1. The molecule has 0 aromatic heterocycles. The molecule has 0 amide bonds. The van der Waals surface area contributed by atoms with Crippen molar-refractivity contribution in [3.05, 3.63) is 29.8 Å². The first-order valence-electron chi connectivity index (χ1n) is 7.19. The molecule has 0 fully saturated rings. The van der Waals surface area contributed by atoms with Crippen LogP contribution in [0.15, 0.2) is 24.3 Å². The summed E-state index contributed by atoms with van der Waals surface area (Å²) < 4.78 is 5.84. The summed E-state index contributed by atoms with van der Waals surface area (Å²) in [4.78, 5) is 0. The second kappa shape index (κ2) is 6.15. The number of hydrogen-bond acceptors (Lipinski definition) is 3. The number of aliphatic hydroxyl groups excluding tert-OH is 1. The Balaban J connectivity index is 2.81. The third-order valence-corrected chi connectivity index (χ3v) is 3.59. The molecule has 0 aliphatic heterocycles. The highest BCUT2D eigenvalue weighted by atomic mass is 16.5. The molecule has 0 spiro atoms. The molecule has 1 aromatic carbocycles. The molecule has 0 saturated heterocycles. The van der Waals surface area contributed by atoms with Gasteiger partial charge in [-0.3, -0.25) is 0 Å². The molecule has 3 nitrogen and oxygen atoms in total. The van der Waals surface area contributed by atoms with Gasteiger partial charge in [-0.05, 0) is 28.5 Å². The number of aliphatic hydroxyl groups is 1. The van der Waals surface area contributed by atoms with E-state index in [0.29, 0.717) is 0 Å². The van der Waals surface area contributed by atoms with Crippen LogP contribution in [-0.4, -0.2) is 23.9 Å². The minimum Gasteiger partial charge on any atom is -0.486 e. The van der Waals surface area contributed by atoms with Crippen molar-refractivity contribution in [2.24, 2.45) is 11.1 Å². The first-order valence-corrected chi connectivity index (χ1v) is 7.19. The van der Waals surface area contributed by atoms with Crippen LogP contribution in [0, 0.1) is 5.41 Å². The zero-order chi connectivity index (χ0) is 15.6. The Labute approximate surface area is 123 Å². The van der Waals surface area contributed by atoms with Gasteiger partial charge in [-0.2, -0.15) is 0 Å². The molecule has 0 heterocycles. The molecule has 3 heteroatoms.